The molecule has 0 radical (unpaired) electrons. The predicted octanol–water partition coefficient (Wildman–Crippen LogP) is 2.64. The van der Waals surface area contributed by atoms with E-state index in [9.17, 15) is 13.2 Å². The summed E-state index contributed by atoms with van der Waals surface area (Å²) >= 11 is 0. The molecule has 1 saturated heterocycles. The van der Waals surface area contributed by atoms with E-state index in [1.165, 1.54) is 6.26 Å². The first kappa shape index (κ1) is 19.5. The van der Waals surface area contributed by atoms with Gasteiger partial charge in [-0.15, -0.1) is 0 Å². The normalized spacial score (nSPS) is 19.0. The lowest BCUT2D eigenvalue weighted by atomic mass is 9.99. The molecule has 7 heteroatoms. The highest BCUT2D eigenvalue weighted by atomic mass is 32.2. The first-order valence-corrected chi connectivity index (χ1v) is 10.5. The molecule has 1 amide bonds. The molecule has 27 heavy (non-hydrogen) atoms. The summed E-state index contributed by atoms with van der Waals surface area (Å²) < 4.78 is 34.5. The van der Waals surface area contributed by atoms with Gasteiger partial charge >= 0.3 is 0 Å². The van der Waals surface area contributed by atoms with E-state index >= 15 is 0 Å². The van der Waals surface area contributed by atoms with Gasteiger partial charge in [-0.1, -0.05) is 30.3 Å². The molecular weight excluding hydrogens is 366 g/mol. The number of ether oxygens (including phenoxy) is 2. The van der Waals surface area contributed by atoms with Crippen molar-refractivity contribution in [2.75, 3.05) is 19.4 Å². The summed E-state index contributed by atoms with van der Waals surface area (Å²) in [4.78, 5) is 12.9. The van der Waals surface area contributed by atoms with Gasteiger partial charge in [0.2, 0.25) is 0 Å². The number of benzene rings is 2. The molecule has 2 aromatic carbocycles. The van der Waals surface area contributed by atoms with Crippen molar-refractivity contribution in [2.24, 2.45) is 0 Å². The highest BCUT2D eigenvalue weighted by molar-refractivity contribution is 7.90. The Hall–Kier alpha value is -2.22. The largest absolute Gasteiger partial charge is 0.349 e. The van der Waals surface area contributed by atoms with Crippen molar-refractivity contribution < 1.29 is 22.7 Å². The fourth-order valence-electron chi connectivity index (χ4n) is 2.98. The number of hydrogen-bond donors (Lipinski definition) is 1. The molecule has 2 aromatic rings. The molecule has 1 atom stereocenters. The van der Waals surface area contributed by atoms with Crippen molar-refractivity contribution in [3.8, 4) is 11.1 Å². The van der Waals surface area contributed by atoms with Crippen LogP contribution in [-0.2, 0) is 19.3 Å². The van der Waals surface area contributed by atoms with E-state index in [1.807, 2.05) is 26.0 Å². The van der Waals surface area contributed by atoms with Crippen LogP contribution >= 0.6 is 0 Å². The number of carbonyl (C=O) groups excluding carboxylic acids is 1. The fourth-order valence-corrected chi connectivity index (χ4v) is 3.61. The van der Waals surface area contributed by atoms with Crippen molar-refractivity contribution in [3.05, 3.63) is 54.1 Å². The van der Waals surface area contributed by atoms with Gasteiger partial charge in [-0.25, -0.2) is 8.42 Å². The minimum absolute atomic E-state index is 0.190. The van der Waals surface area contributed by atoms with Gasteiger partial charge in [0.15, 0.2) is 15.6 Å². The predicted molar refractivity (Wildman–Crippen MR) is 102 cm³/mol. The lowest BCUT2D eigenvalue weighted by molar-refractivity contribution is -0.137. The third kappa shape index (κ3) is 4.74. The average molecular weight is 389 g/mol. The zero-order valence-corrected chi connectivity index (χ0v) is 16.4. The molecule has 1 fully saturated rings. The summed E-state index contributed by atoms with van der Waals surface area (Å²) in [6, 6.07) is 13.7. The van der Waals surface area contributed by atoms with Crippen LogP contribution in [0.4, 0.5) is 0 Å². The summed E-state index contributed by atoms with van der Waals surface area (Å²) in [5.41, 5.74) is 2.02. The van der Waals surface area contributed by atoms with Crippen molar-refractivity contribution in [3.63, 3.8) is 0 Å². The molecule has 6 nitrogen and oxygen atoms in total. The SMILES string of the molecule is CC1(C)OCC(CNC(=O)c2ccccc2-c2ccc(S(C)(=O)=O)cc2)O1. The summed E-state index contributed by atoms with van der Waals surface area (Å²) in [6.07, 6.45) is 0.976. The maximum Gasteiger partial charge on any atom is 0.252 e. The van der Waals surface area contributed by atoms with Crippen molar-refractivity contribution in [2.45, 2.75) is 30.6 Å². The van der Waals surface area contributed by atoms with Crippen molar-refractivity contribution in [1.82, 2.24) is 5.32 Å². The molecule has 0 bridgehead atoms. The monoisotopic (exact) mass is 389 g/mol. The van der Waals surface area contributed by atoms with E-state index in [0.29, 0.717) is 18.7 Å². The standard InChI is InChI=1S/C20H23NO5S/c1-20(2)25-13-15(26-20)12-21-19(22)18-7-5-4-6-17(18)14-8-10-16(11-9-14)27(3,23)24/h4-11,15H,12-13H2,1-3H3,(H,21,22). The Labute approximate surface area is 159 Å². The number of amides is 1. The van der Waals surface area contributed by atoms with E-state index in [0.717, 1.165) is 11.1 Å². The molecule has 0 aromatic heterocycles. The lowest BCUT2D eigenvalue weighted by Gasteiger charge is -2.17. The Balaban J connectivity index is 1.76. The van der Waals surface area contributed by atoms with Crippen molar-refractivity contribution >= 4 is 15.7 Å². The van der Waals surface area contributed by atoms with Crippen LogP contribution in [0.3, 0.4) is 0 Å². The van der Waals surface area contributed by atoms with Crippen molar-refractivity contribution in [1.29, 1.82) is 0 Å². The van der Waals surface area contributed by atoms with Gasteiger partial charge < -0.3 is 14.8 Å². The second-order valence-electron chi connectivity index (χ2n) is 7.00. The molecule has 144 valence electrons. The van der Waals surface area contributed by atoms with Gasteiger partial charge in [0.05, 0.1) is 11.5 Å². The zero-order valence-electron chi connectivity index (χ0n) is 15.6. The summed E-state index contributed by atoms with van der Waals surface area (Å²) in [6.45, 7) is 4.46. The zero-order chi connectivity index (χ0) is 19.7. The number of nitrogens with one attached hydrogen (secondary N) is 1. The molecule has 0 spiro atoms. The van der Waals surface area contributed by atoms with Crippen LogP contribution < -0.4 is 5.32 Å². The van der Waals surface area contributed by atoms with Crippen LogP contribution in [0.15, 0.2) is 53.4 Å². The van der Waals surface area contributed by atoms with E-state index in [1.54, 1.807) is 36.4 Å². The van der Waals surface area contributed by atoms with E-state index in [2.05, 4.69) is 5.32 Å². The molecule has 1 aliphatic rings. The summed E-state index contributed by atoms with van der Waals surface area (Å²) in [5, 5.41) is 2.88. The number of sulfone groups is 1. The molecule has 1 N–H and O–H groups in total. The van der Waals surface area contributed by atoms with Crippen LogP contribution in [0, 0.1) is 0 Å². The maximum absolute atomic E-state index is 12.7. The van der Waals surface area contributed by atoms with Gasteiger partial charge in [-0.2, -0.15) is 0 Å². The average Bonchev–Trinajstić information content (AvgIpc) is 2.98. The molecule has 0 saturated carbocycles. The van der Waals surface area contributed by atoms with Gasteiger partial charge in [-0.05, 0) is 43.2 Å². The smallest absolute Gasteiger partial charge is 0.252 e. The number of hydrogen-bond acceptors (Lipinski definition) is 5. The van der Waals surface area contributed by atoms with Gasteiger partial charge in [0.25, 0.3) is 5.91 Å². The van der Waals surface area contributed by atoms with E-state index in [4.69, 9.17) is 9.47 Å². The first-order chi connectivity index (χ1) is 12.7. The minimum atomic E-state index is -3.26. The summed E-state index contributed by atoms with van der Waals surface area (Å²) in [7, 11) is -3.26. The van der Waals surface area contributed by atoms with Gasteiger partial charge in [0.1, 0.15) is 6.10 Å². The lowest BCUT2D eigenvalue weighted by Crippen LogP contribution is -2.34. The topological polar surface area (TPSA) is 81.7 Å². The van der Waals surface area contributed by atoms with Crippen LogP contribution in [0.2, 0.25) is 0 Å². The van der Waals surface area contributed by atoms with E-state index < -0.39 is 15.6 Å². The van der Waals surface area contributed by atoms with Crippen LogP contribution in [0.1, 0.15) is 24.2 Å². The Morgan fingerprint density at radius 1 is 1.15 bits per heavy atom. The highest BCUT2D eigenvalue weighted by Gasteiger charge is 2.32. The van der Waals surface area contributed by atoms with E-state index in [-0.39, 0.29) is 16.9 Å². The molecule has 1 aliphatic heterocycles. The Kier molecular flexibility index (Phi) is 5.37. The molecule has 0 aliphatic carbocycles. The molecular formula is C20H23NO5S. The van der Waals surface area contributed by atoms with Gasteiger partial charge in [0, 0.05) is 18.4 Å². The Morgan fingerprint density at radius 2 is 1.81 bits per heavy atom. The second kappa shape index (κ2) is 7.42. The highest BCUT2D eigenvalue weighted by Crippen LogP contribution is 2.26. The van der Waals surface area contributed by atoms with Crippen LogP contribution in [0.25, 0.3) is 11.1 Å². The van der Waals surface area contributed by atoms with Crippen LogP contribution in [0.5, 0.6) is 0 Å². The fraction of sp³-hybridized carbons (Fsp3) is 0.350. The Morgan fingerprint density at radius 3 is 2.41 bits per heavy atom. The third-order valence-corrected chi connectivity index (χ3v) is 5.45. The Bertz CT molecular complexity index is 935. The number of carbonyl (C=O) groups is 1. The first-order valence-electron chi connectivity index (χ1n) is 8.65. The quantitative estimate of drug-likeness (QED) is 0.850. The van der Waals surface area contributed by atoms with Gasteiger partial charge in [-0.3, -0.25) is 4.79 Å². The van der Waals surface area contributed by atoms with Crippen LogP contribution in [-0.4, -0.2) is 45.6 Å². The molecule has 1 unspecified atom stereocenters. The minimum Gasteiger partial charge on any atom is -0.349 e. The number of rotatable bonds is 5. The maximum atomic E-state index is 12.7. The molecule has 3 rings (SSSR count). The third-order valence-electron chi connectivity index (χ3n) is 4.32. The molecule has 1 heterocycles. The second-order valence-corrected chi connectivity index (χ2v) is 9.02. The summed E-state index contributed by atoms with van der Waals surface area (Å²) in [5.74, 6) is -0.847.